The average molecular weight is 403 g/mol. The van der Waals surface area contributed by atoms with Crippen molar-refractivity contribution in [1.82, 2.24) is 30.0 Å². The lowest BCUT2D eigenvalue weighted by molar-refractivity contribution is 0.0843. The van der Waals surface area contributed by atoms with Crippen LogP contribution in [-0.2, 0) is 13.1 Å². The molecule has 1 fully saturated rings. The first-order valence-corrected chi connectivity index (χ1v) is 9.62. The first-order valence-electron chi connectivity index (χ1n) is 9.62. The second kappa shape index (κ2) is 9.82. The molecule has 8 heteroatoms. The van der Waals surface area contributed by atoms with E-state index in [0.717, 1.165) is 50.7 Å². The van der Waals surface area contributed by atoms with Gasteiger partial charge in [-0.2, -0.15) is 0 Å². The molecule has 1 aromatic carbocycles. The predicted octanol–water partition coefficient (Wildman–Crippen LogP) is 3.01. The van der Waals surface area contributed by atoms with Crippen LogP contribution < -0.4 is 0 Å². The van der Waals surface area contributed by atoms with E-state index in [1.54, 1.807) is 6.26 Å². The molecule has 3 heterocycles. The fourth-order valence-corrected chi connectivity index (χ4v) is 3.79. The van der Waals surface area contributed by atoms with Crippen LogP contribution >= 0.6 is 12.4 Å². The number of hydrogen-bond acceptors (Lipinski definition) is 6. The normalized spacial score (nSPS) is 16.6. The maximum absolute atomic E-state index is 5.45. The molecule has 1 atom stereocenters. The molecule has 2 aromatic heterocycles. The topological polar surface area (TPSA) is 63.2 Å². The third kappa shape index (κ3) is 4.79. The van der Waals surface area contributed by atoms with Gasteiger partial charge in [0.2, 0.25) is 0 Å². The Morgan fingerprint density at radius 1 is 1.00 bits per heavy atom. The van der Waals surface area contributed by atoms with Crippen LogP contribution in [0, 0.1) is 0 Å². The van der Waals surface area contributed by atoms with Crippen LogP contribution in [0.3, 0.4) is 0 Å². The van der Waals surface area contributed by atoms with Gasteiger partial charge in [0.05, 0.1) is 12.3 Å². The van der Waals surface area contributed by atoms with Gasteiger partial charge in [-0.1, -0.05) is 37.3 Å². The lowest BCUT2D eigenvalue weighted by atomic mass is 10.1. The number of tetrazole rings is 1. The summed E-state index contributed by atoms with van der Waals surface area (Å²) in [6.07, 6.45) is 2.67. The van der Waals surface area contributed by atoms with Crippen molar-refractivity contribution >= 4 is 12.4 Å². The van der Waals surface area contributed by atoms with Gasteiger partial charge in [-0.05, 0) is 34.5 Å². The molecule has 7 nitrogen and oxygen atoms in total. The molecule has 28 heavy (non-hydrogen) atoms. The van der Waals surface area contributed by atoms with E-state index in [0.29, 0.717) is 6.54 Å². The summed E-state index contributed by atoms with van der Waals surface area (Å²) in [5, 5.41) is 12.4. The van der Waals surface area contributed by atoms with Crippen LogP contribution in [0.25, 0.3) is 0 Å². The molecule has 1 aliphatic rings. The van der Waals surface area contributed by atoms with Gasteiger partial charge in [0, 0.05) is 32.7 Å². The standard InChI is InChI=1S/C20H26N6O.ClH/c1-2-19(20-21-22-23-26(20)16-18-9-6-14-27-18)25-12-10-24(11-13-25)15-17-7-4-3-5-8-17;/h3-9,14,19H,2,10-13,15-16H2,1H3;1H. The van der Waals surface area contributed by atoms with Crippen LogP contribution in [0.5, 0.6) is 0 Å². The number of aromatic nitrogens is 4. The van der Waals surface area contributed by atoms with Gasteiger partial charge in [-0.25, -0.2) is 4.68 Å². The quantitative estimate of drug-likeness (QED) is 0.605. The third-order valence-electron chi connectivity index (χ3n) is 5.23. The van der Waals surface area contributed by atoms with Gasteiger partial charge in [0.15, 0.2) is 5.82 Å². The highest BCUT2D eigenvalue weighted by Gasteiger charge is 2.28. The minimum atomic E-state index is 0. The highest BCUT2D eigenvalue weighted by Crippen LogP contribution is 2.24. The van der Waals surface area contributed by atoms with Gasteiger partial charge in [-0.3, -0.25) is 9.80 Å². The van der Waals surface area contributed by atoms with Crippen molar-refractivity contribution in [2.45, 2.75) is 32.5 Å². The van der Waals surface area contributed by atoms with E-state index in [1.807, 2.05) is 16.8 Å². The molecule has 0 saturated carbocycles. The number of piperazine rings is 1. The maximum Gasteiger partial charge on any atom is 0.168 e. The van der Waals surface area contributed by atoms with E-state index < -0.39 is 0 Å². The molecule has 0 amide bonds. The Morgan fingerprint density at radius 3 is 2.46 bits per heavy atom. The molecule has 1 aliphatic heterocycles. The van der Waals surface area contributed by atoms with Crippen molar-refractivity contribution in [1.29, 1.82) is 0 Å². The molecule has 0 spiro atoms. The molecule has 0 bridgehead atoms. The zero-order valence-corrected chi connectivity index (χ0v) is 17.0. The van der Waals surface area contributed by atoms with Crippen molar-refractivity contribution in [2.24, 2.45) is 0 Å². The minimum absolute atomic E-state index is 0. The Hall–Kier alpha value is -2.22. The van der Waals surface area contributed by atoms with Crippen LogP contribution in [-0.4, -0.2) is 56.2 Å². The highest BCUT2D eigenvalue weighted by molar-refractivity contribution is 5.85. The van der Waals surface area contributed by atoms with Crippen molar-refractivity contribution in [3.05, 3.63) is 65.9 Å². The van der Waals surface area contributed by atoms with Crippen LogP contribution in [0.4, 0.5) is 0 Å². The van der Waals surface area contributed by atoms with Gasteiger partial charge in [0.25, 0.3) is 0 Å². The fourth-order valence-electron chi connectivity index (χ4n) is 3.79. The number of halogens is 1. The molecule has 0 N–H and O–H groups in total. The second-order valence-corrected chi connectivity index (χ2v) is 7.00. The molecular formula is C20H27ClN6O. The summed E-state index contributed by atoms with van der Waals surface area (Å²) in [5.74, 6) is 1.79. The smallest absolute Gasteiger partial charge is 0.168 e. The minimum Gasteiger partial charge on any atom is -0.467 e. The summed E-state index contributed by atoms with van der Waals surface area (Å²) in [6, 6.07) is 14.8. The SMILES string of the molecule is CCC(c1nnnn1Cc1ccco1)N1CCN(Cc2ccccc2)CC1.Cl. The molecule has 4 rings (SSSR count). The van der Waals surface area contributed by atoms with E-state index in [4.69, 9.17) is 4.42 Å². The molecule has 1 unspecified atom stereocenters. The van der Waals surface area contributed by atoms with Gasteiger partial charge >= 0.3 is 0 Å². The summed E-state index contributed by atoms with van der Waals surface area (Å²) in [7, 11) is 0. The van der Waals surface area contributed by atoms with Crippen molar-refractivity contribution in [2.75, 3.05) is 26.2 Å². The summed E-state index contributed by atoms with van der Waals surface area (Å²) in [4.78, 5) is 5.02. The number of nitrogens with zero attached hydrogens (tertiary/aromatic N) is 6. The number of furan rings is 1. The Kier molecular flexibility index (Phi) is 7.19. The monoisotopic (exact) mass is 402 g/mol. The summed E-state index contributed by atoms with van der Waals surface area (Å²) in [5.41, 5.74) is 1.38. The first-order chi connectivity index (χ1) is 13.3. The Bertz CT molecular complexity index is 814. The third-order valence-corrected chi connectivity index (χ3v) is 5.23. The van der Waals surface area contributed by atoms with Crippen LogP contribution in [0.1, 0.15) is 36.5 Å². The predicted molar refractivity (Wildman–Crippen MR) is 109 cm³/mol. The fraction of sp³-hybridized carbons (Fsp3) is 0.450. The zero-order chi connectivity index (χ0) is 18.5. The van der Waals surface area contributed by atoms with Crippen molar-refractivity contribution in [3.63, 3.8) is 0 Å². The Morgan fingerprint density at radius 2 is 1.79 bits per heavy atom. The Balaban J connectivity index is 0.00000225. The van der Waals surface area contributed by atoms with Crippen molar-refractivity contribution in [3.8, 4) is 0 Å². The molecule has 1 saturated heterocycles. The van der Waals surface area contributed by atoms with Crippen LogP contribution in [0.15, 0.2) is 53.1 Å². The van der Waals surface area contributed by atoms with Crippen molar-refractivity contribution < 1.29 is 4.42 Å². The summed E-state index contributed by atoms with van der Waals surface area (Å²) in [6.45, 7) is 7.96. The number of benzene rings is 1. The van der Waals surface area contributed by atoms with E-state index in [2.05, 4.69) is 62.6 Å². The number of hydrogen-bond donors (Lipinski definition) is 0. The summed E-state index contributed by atoms with van der Waals surface area (Å²) < 4.78 is 7.32. The van der Waals surface area contributed by atoms with E-state index in [-0.39, 0.29) is 18.4 Å². The largest absolute Gasteiger partial charge is 0.467 e. The zero-order valence-electron chi connectivity index (χ0n) is 16.1. The lowest BCUT2D eigenvalue weighted by Gasteiger charge is -2.38. The van der Waals surface area contributed by atoms with Gasteiger partial charge in [-0.15, -0.1) is 17.5 Å². The lowest BCUT2D eigenvalue weighted by Crippen LogP contribution is -2.47. The van der Waals surface area contributed by atoms with E-state index >= 15 is 0 Å². The average Bonchev–Trinajstić information content (AvgIpc) is 3.38. The number of rotatable bonds is 7. The maximum atomic E-state index is 5.45. The molecule has 0 radical (unpaired) electrons. The molecular weight excluding hydrogens is 376 g/mol. The first kappa shape index (κ1) is 20.5. The second-order valence-electron chi connectivity index (χ2n) is 7.00. The summed E-state index contributed by atoms with van der Waals surface area (Å²) >= 11 is 0. The van der Waals surface area contributed by atoms with E-state index in [1.165, 1.54) is 5.56 Å². The Labute approximate surface area is 171 Å². The van der Waals surface area contributed by atoms with Gasteiger partial charge < -0.3 is 4.42 Å². The van der Waals surface area contributed by atoms with Crippen LogP contribution in [0.2, 0.25) is 0 Å². The molecule has 0 aliphatic carbocycles. The highest BCUT2D eigenvalue weighted by atomic mass is 35.5. The molecule has 150 valence electrons. The molecule has 3 aromatic rings. The van der Waals surface area contributed by atoms with Gasteiger partial charge in [0.1, 0.15) is 12.3 Å². The van der Waals surface area contributed by atoms with E-state index in [9.17, 15) is 0 Å².